The molecule has 3 rings (SSSR count). The van der Waals surface area contributed by atoms with Crippen molar-refractivity contribution in [2.75, 3.05) is 10.6 Å². The molecule has 13 heteroatoms. The zero-order chi connectivity index (χ0) is 25.1. The van der Waals surface area contributed by atoms with Crippen LogP contribution in [0.15, 0.2) is 53.4 Å². The van der Waals surface area contributed by atoms with Gasteiger partial charge in [0.25, 0.3) is 5.91 Å². The summed E-state index contributed by atoms with van der Waals surface area (Å²) in [6.45, 7) is 1.35. The third-order valence-corrected chi connectivity index (χ3v) is 5.37. The van der Waals surface area contributed by atoms with Crippen molar-refractivity contribution < 1.29 is 31.1 Å². The molecule has 0 aliphatic carbocycles. The Labute approximate surface area is 199 Å². The van der Waals surface area contributed by atoms with Crippen molar-refractivity contribution in [2.45, 2.75) is 25.3 Å². The maximum Gasteiger partial charge on any atom is 0.416 e. The van der Waals surface area contributed by atoms with Crippen LogP contribution >= 0.6 is 23.6 Å². The monoisotopic (exact) mass is 518 g/mol. The quantitative estimate of drug-likeness (QED) is 0.267. The van der Waals surface area contributed by atoms with Crippen molar-refractivity contribution in [1.29, 1.82) is 0 Å². The van der Waals surface area contributed by atoms with Crippen molar-refractivity contribution >= 4 is 45.9 Å². The molecule has 1 heterocycles. The Kier molecular flexibility index (Phi) is 7.46. The molecule has 0 saturated heterocycles. The van der Waals surface area contributed by atoms with Gasteiger partial charge < -0.3 is 16.0 Å². The molecule has 3 N–H and O–H groups in total. The van der Waals surface area contributed by atoms with E-state index in [1.807, 2.05) is 0 Å². The van der Waals surface area contributed by atoms with Crippen molar-refractivity contribution in [1.82, 2.24) is 10.3 Å². The van der Waals surface area contributed by atoms with Crippen LogP contribution in [0.3, 0.4) is 0 Å². The van der Waals surface area contributed by atoms with Gasteiger partial charge in [0.2, 0.25) is 0 Å². The lowest BCUT2D eigenvalue weighted by Gasteiger charge is -2.22. The first-order valence-electron chi connectivity index (χ1n) is 9.50. The van der Waals surface area contributed by atoms with Crippen LogP contribution in [0.2, 0.25) is 0 Å². The van der Waals surface area contributed by atoms with Gasteiger partial charge in [0, 0.05) is 16.8 Å². The van der Waals surface area contributed by atoms with Crippen LogP contribution in [0.5, 0.6) is 0 Å². The number of carbonyl (C=O) groups excluding carboxylic acids is 1. The standard InChI is InChI=1S/C21H16F6N4OS2/c1-11(15-7-2-12(20(22,23)24)8-16(15)21(25,26)27)29-19(33)31-14-5-3-13(4-6-14)30-18(32)17-9-34-10-28-17/h2-11H,1H3,(H,30,32)(H2,29,31,33). The average Bonchev–Trinajstić information content (AvgIpc) is 3.28. The minimum Gasteiger partial charge on any atom is -0.356 e. The van der Waals surface area contributed by atoms with Crippen LogP contribution in [-0.4, -0.2) is 16.0 Å². The molecule has 1 amide bonds. The van der Waals surface area contributed by atoms with Crippen molar-refractivity contribution in [3.05, 3.63) is 75.7 Å². The molecule has 34 heavy (non-hydrogen) atoms. The van der Waals surface area contributed by atoms with E-state index in [1.54, 1.807) is 29.6 Å². The molecule has 5 nitrogen and oxygen atoms in total. The summed E-state index contributed by atoms with van der Waals surface area (Å²) in [6, 6.07) is 6.73. The first-order valence-corrected chi connectivity index (χ1v) is 10.8. The van der Waals surface area contributed by atoms with Gasteiger partial charge in [-0.15, -0.1) is 11.3 Å². The van der Waals surface area contributed by atoms with E-state index < -0.39 is 29.5 Å². The highest BCUT2D eigenvalue weighted by molar-refractivity contribution is 7.80. The zero-order valence-electron chi connectivity index (χ0n) is 17.2. The molecule has 0 aliphatic rings. The van der Waals surface area contributed by atoms with Crippen molar-refractivity contribution in [3.63, 3.8) is 0 Å². The summed E-state index contributed by atoms with van der Waals surface area (Å²) in [5, 5.41) is 9.63. The van der Waals surface area contributed by atoms with Gasteiger partial charge in [-0.05, 0) is 61.1 Å². The van der Waals surface area contributed by atoms with Gasteiger partial charge >= 0.3 is 12.4 Å². The van der Waals surface area contributed by atoms with E-state index in [9.17, 15) is 31.1 Å². The highest BCUT2D eigenvalue weighted by Crippen LogP contribution is 2.39. The number of alkyl halides is 6. The Hall–Kier alpha value is -3.19. The Bertz CT molecular complexity index is 1160. The van der Waals surface area contributed by atoms with E-state index in [2.05, 4.69) is 20.9 Å². The fourth-order valence-corrected chi connectivity index (χ4v) is 3.78. The molecule has 0 bridgehead atoms. The third kappa shape index (κ3) is 6.44. The maximum absolute atomic E-state index is 13.4. The summed E-state index contributed by atoms with van der Waals surface area (Å²) in [6.07, 6.45) is -9.89. The van der Waals surface area contributed by atoms with Gasteiger partial charge in [0.1, 0.15) is 5.69 Å². The molecule has 2 aromatic carbocycles. The number of thiocarbonyl (C=S) groups is 1. The first kappa shape index (κ1) is 25.4. The van der Waals surface area contributed by atoms with E-state index >= 15 is 0 Å². The number of halogens is 6. The van der Waals surface area contributed by atoms with Gasteiger partial charge in [0.15, 0.2) is 5.11 Å². The van der Waals surface area contributed by atoms with E-state index in [4.69, 9.17) is 12.2 Å². The predicted molar refractivity (Wildman–Crippen MR) is 121 cm³/mol. The first-order chi connectivity index (χ1) is 15.8. The normalized spacial score (nSPS) is 12.7. The number of nitrogens with zero attached hydrogens (tertiary/aromatic N) is 1. The van der Waals surface area contributed by atoms with Gasteiger partial charge in [0.05, 0.1) is 22.7 Å². The molecule has 0 fully saturated rings. The molecule has 0 radical (unpaired) electrons. The SMILES string of the molecule is CC(NC(=S)Nc1ccc(NC(=O)c2cscn2)cc1)c1ccc(C(F)(F)F)cc1C(F)(F)F. The minimum atomic E-state index is -4.99. The topological polar surface area (TPSA) is 66.0 Å². The van der Waals surface area contributed by atoms with Crippen molar-refractivity contribution in [2.24, 2.45) is 0 Å². The lowest BCUT2D eigenvalue weighted by molar-refractivity contribution is -0.143. The molecule has 1 unspecified atom stereocenters. The number of anilines is 2. The molecule has 1 atom stereocenters. The lowest BCUT2D eigenvalue weighted by atomic mass is 9.98. The number of carbonyl (C=O) groups is 1. The predicted octanol–water partition coefficient (Wildman–Crippen LogP) is 6.48. The van der Waals surface area contributed by atoms with Crippen molar-refractivity contribution in [3.8, 4) is 0 Å². The lowest BCUT2D eigenvalue weighted by Crippen LogP contribution is -2.32. The van der Waals surface area contributed by atoms with Gasteiger partial charge in [-0.1, -0.05) is 6.07 Å². The highest BCUT2D eigenvalue weighted by atomic mass is 32.1. The average molecular weight is 519 g/mol. The van der Waals surface area contributed by atoms with Gasteiger partial charge in [-0.3, -0.25) is 4.79 Å². The highest BCUT2D eigenvalue weighted by Gasteiger charge is 2.39. The summed E-state index contributed by atoms with van der Waals surface area (Å²) in [5.74, 6) is -0.384. The summed E-state index contributed by atoms with van der Waals surface area (Å²) in [7, 11) is 0. The summed E-state index contributed by atoms with van der Waals surface area (Å²) >= 11 is 6.41. The second kappa shape index (κ2) is 9.97. The summed E-state index contributed by atoms with van der Waals surface area (Å²) in [4.78, 5) is 15.9. The molecule has 3 aromatic rings. The summed E-state index contributed by atoms with van der Waals surface area (Å²) < 4.78 is 78.8. The molecular formula is C21H16F6N4OS2. The zero-order valence-corrected chi connectivity index (χ0v) is 18.8. The number of benzene rings is 2. The molecule has 180 valence electrons. The Morgan fingerprint density at radius 1 is 0.971 bits per heavy atom. The van der Waals surface area contributed by atoms with Crippen LogP contribution in [0.25, 0.3) is 0 Å². The smallest absolute Gasteiger partial charge is 0.356 e. The number of hydrogen-bond acceptors (Lipinski definition) is 4. The fourth-order valence-electron chi connectivity index (χ4n) is 2.95. The summed E-state index contributed by atoms with van der Waals surface area (Å²) in [5.41, 5.74) is -0.420. The number of hydrogen-bond donors (Lipinski definition) is 3. The van der Waals surface area contributed by atoms with Crippen LogP contribution in [0, 0.1) is 0 Å². The number of thiazole rings is 1. The maximum atomic E-state index is 13.4. The fraction of sp³-hybridized carbons (Fsp3) is 0.190. The molecule has 1 aromatic heterocycles. The largest absolute Gasteiger partial charge is 0.416 e. The second-order valence-electron chi connectivity index (χ2n) is 7.02. The minimum absolute atomic E-state index is 0.0419. The number of aromatic nitrogens is 1. The van der Waals surface area contributed by atoms with E-state index in [0.29, 0.717) is 17.4 Å². The van der Waals surface area contributed by atoms with Crippen LogP contribution in [-0.2, 0) is 12.4 Å². The number of nitrogens with one attached hydrogen (secondary N) is 3. The van der Waals surface area contributed by atoms with Gasteiger partial charge in [-0.2, -0.15) is 26.3 Å². The Morgan fingerprint density at radius 2 is 1.59 bits per heavy atom. The molecular weight excluding hydrogens is 502 g/mol. The van der Waals surface area contributed by atoms with E-state index in [1.165, 1.54) is 23.8 Å². The van der Waals surface area contributed by atoms with Crippen LogP contribution < -0.4 is 16.0 Å². The molecule has 0 aliphatic heterocycles. The molecule has 0 saturated carbocycles. The Balaban J connectivity index is 1.66. The number of amides is 1. The Morgan fingerprint density at radius 3 is 2.12 bits per heavy atom. The van der Waals surface area contributed by atoms with Gasteiger partial charge in [-0.25, -0.2) is 4.98 Å². The van der Waals surface area contributed by atoms with E-state index in [0.717, 1.165) is 6.07 Å². The third-order valence-electron chi connectivity index (χ3n) is 4.57. The second-order valence-corrected chi connectivity index (χ2v) is 8.15. The number of rotatable bonds is 5. The van der Waals surface area contributed by atoms with E-state index in [-0.39, 0.29) is 28.3 Å². The van der Waals surface area contributed by atoms with Crippen LogP contribution in [0.1, 0.15) is 40.1 Å². The van der Waals surface area contributed by atoms with Crippen LogP contribution in [0.4, 0.5) is 37.7 Å². The molecule has 0 spiro atoms.